The highest BCUT2D eigenvalue weighted by Crippen LogP contribution is 2.10. The van der Waals surface area contributed by atoms with Gasteiger partial charge in [0.2, 0.25) is 5.95 Å². The van der Waals surface area contributed by atoms with E-state index in [4.69, 9.17) is 0 Å². The van der Waals surface area contributed by atoms with E-state index in [2.05, 4.69) is 10.3 Å². The van der Waals surface area contributed by atoms with E-state index in [1.807, 2.05) is 18.2 Å². The van der Waals surface area contributed by atoms with Gasteiger partial charge in [-0.1, -0.05) is 30.3 Å². The van der Waals surface area contributed by atoms with Crippen LogP contribution in [0.1, 0.15) is 22.0 Å². The topological polar surface area (TPSA) is 62.2 Å². The van der Waals surface area contributed by atoms with Crippen molar-refractivity contribution in [2.24, 2.45) is 0 Å². The number of nitrogens with zero attached hydrogens (tertiary/aromatic N) is 1. The van der Waals surface area contributed by atoms with Gasteiger partial charge in [0.15, 0.2) is 0 Å². The molecule has 5 heteroatoms. The fourth-order valence-corrected chi connectivity index (χ4v) is 1.59. The number of aliphatic hydroxyl groups excluding tert-OH is 1. The third kappa shape index (κ3) is 3.59. The van der Waals surface area contributed by atoms with Crippen LogP contribution in [0.2, 0.25) is 0 Å². The maximum absolute atomic E-state index is 12.6. The standard InChI is InChI=1S/C14H13FN2O2/c15-13-7-6-11(8-16-13)14(19)17-9-12(18)10-4-2-1-3-5-10/h1-8,12,18H,9H2,(H,17,19). The summed E-state index contributed by atoms with van der Waals surface area (Å²) < 4.78 is 12.6. The van der Waals surface area contributed by atoms with Gasteiger partial charge in [-0.3, -0.25) is 4.79 Å². The number of hydrogen-bond donors (Lipinski definition) is 2. The molecule has 19 heavy (non-hydrogen) atoms. The summed E-state index contributed by atoms with van der Waals surface area (Å²) in [5, 5.41) is 12.4. The molecule has 1 aromatic carbocycles. The Labute approximate surface area is 109 Å². The lowest BCUT2D eigenvalue weighted by Crippen LogP contribution is -2.28. The number of carbonyl (C=O) groups excluding carboxylic acids is 1. The number of aromatic nitrogens is 1. The molecule has 1 aromatic heterocycles. The predicted octanol–water partition coefficient (Wildman–Crippen LogP) is 1.68. The maximum atomic E-state index is 12.6. The predicted molar refractivity (Wildman–Crippen MR) is 67.9 cm³/mol. The van der Waals surface area contributed by atoms with Gasteiger partial charge in [-0.15, -0.1) is 0 Å². The number of hydrogen-bond acceptors (Lipinski definition) is 3. The molecule has 0 saturated carbocycles. The Morgan fingerprint density at radius 3 is 2.63 bits per heavy atom. The Morgan fingerprint density at radius 1 is 1.26 bits per heavy atom. The van der Waals surface area contributed by atoms with Crippen molar-refractivity contribution in [2.45, 2.75) is 6.10 Å². The third-order valence-electron chi connectivity index (χ3n) is 2.63. The first-order valence-corrected chi connectivity index (χ1v) is 5.79. The number of rotatable bonds is 4. The Balaban J connectivity index is 1.92. The Bertz CT molecular complexity index is 543. The number of aliphatic hydroxyl groups is 1. The van der Waals surface area contributed by atoms with Crippen molar-refractivity contribution in [3.63, 3.8) is 0 Å². The van der Waals surface area contributed by atoms with Gasteiger partial charge in [0.25, 0.3) is 5.91 Å². The van der Waals surface area contributed by atoms with Gasteiger partial charge in [-0.05, 0) is 17.7 Å². The second-order valence-electron chi connectivity index (χ2n) is 4.01. The zero-order chi connectivity index (χ0) is 13.7. The van der Waals surface area contributed by atoms with Crippen molar-refractivity contribution in [1.82, 2.24) is 10.3 Å². The minimum Gasteiger partial charge on any atom is -0.387 e. The first-order chi connectivity index (χ1) is 9.16. The summed E-state index contributed by atoms with van der Waals surface area (Å²) in [5.74, 6) is -1.04. The molecule has 0 fully saturated rings. The van der Waals surface area contributed by atoms with Gasteiger partial charge < -0.3 is 10.4 Å². The zero-order valence-corrected chi connectivity index (χ0v) is 10.1. The van der Waals surface area contributed by atoms with Crippen LogP contribution in [-0.2, 0) is 0 Å². The number of benzene rings is 1. The molecule has 0 aliphatic heterocycles. The highest BCUT2D eigenvalue weighted by atomic mass is 19.1. The van der Waals surface area contributed by atoms with Crippen LogP contribution in [0.25, 0.3) is 0 Å². The van der Waals surface area contributed by atoms with Crippen LogP contribution in [-0.4, -0.2) is 22.5 Å². The monoisotopic (exact) mass is 260 g/mol. The van der Waals surface area contributed by atoms with Crippen LogP contribution in [0, 0.1) is 5.95 Å². The van der Waals surface area contributed by atoms with Gasteiger partial charge in [0.1, 0.15) is 0 Å². The molecule has 0 saturated heterocycles. The molecule has 1 unspecified atom stereocenters. The average molecular weight is 260 g/mol. The van der Waals surface area contributed by atoms with Crippen molar-refractivity contribution in [3.05, 3.63) is 65.7 Å². The van der Waals surface area contributed by atoms with E-state index in [9.17, 15) is 14.3 Å². The molecule has 0 aliphatic carbocycles. The molecule has 0 aliphatic rings. The van der Waals surface area contributed by atoms with Gasteiger partial charge in [-0.25, -0.2) is 4.98 Å². The van der Waals surface area contributed by atoms with Crippen molar-refractivity contribution in [1.29, 1.82) is 0 Å². The van der Waals surface area contributed by atoms with Gasteiger partial charge in [-0.2, -0.15) is 4.39 Å². The number of nitrogens with one attached hydrogen (secondary N) is 1. The van der Waals surface area contributed by atoms with Gasteiger partial charge in [0.05, 0.1) is 11.7 Å². The van der Waals surface area contributed by atoms with Crippen molar-refractivity contribution >= 4 is 5.91 Å². The Morgan fingerprint density at radius 2 is 2.00 bits per heavy atom. The average Bonchev–Trinajstić information content (AvgIpc) is 2.46. The fraction of sp³-hybridized carbons (Fsp3) is 0.143. The lowest BCUT2D eigenvalue weighted by atomic mass is 10.1. The lowest BCUT2D eigenvalue weighted by Gasteiger charge is -2.12. The van der Waals surface area contributed by atoms with E-state index in [0.717, 1.165) is 17.8 Å². The second-order valence-corrected chi connectivity index (χ2v) is 4.01. The van der Waals surface area contributed by atoms with E-state index >= 15 is 0 Å². The molecule has 2 aromatic rings. The molecule has 1 atom stereocenters. The van der Waals surface area contributed by atoms with E-state index in [1.165, 1.54) is 6.07 Å². The Hall–Kier alpha value is -2.27. The molecular weight excluding hydrogens is 247 g/mol. The van der Waals surface area contributed by atoms with Crippen molar-refractivity contribution in [3.8, 4) is 0 Å². The SMILES string of the molecule is O=C(NCC(O)c1ccccc1)c1ccc(F)nc1. The number of halogens is 1. The van der Waals surface area contributed by atoms with E-state index < -0.39 is 18.0 Å². The summed E-state index contributed by atoms with van der Waals surface area (Å²) >= 11 is 0. The summed E-state index contributed by atoms with van der Waals surface area (Å²) in [7, 11) is 0. The minimum absolute atomic E-state index is 0.0836. The maximum Gasteiger partial charge on any atom is 0.252 e. The van der Waals surface area contributed by atoms with E-state index in [-0.39, 0.29) is 12.1 Å². The molecular formula is C14H13FN2O2. The molecule has 2 N–H and O–H groups in total. The minimum atomic E-state index is -0.779. The third-order valence-corrected chi connectivity index (χ3v) is 2.63. The van der Waals surface area contributed by atoms with E-state index in [1.54, 1.807) is 12.1 Å². The summed E-state index contributed by atoms with van der Waals surface area (Å²) in [6.07, 6.45) is 0.373. The van der Waals surface area contributed by atoms with Crippen LogP contribution >= 0.6 is 0 Å². The summed E-state index contributed by atoms with van der Waals surface area (Å²) in [6, 6.07) is 11.5. The molecule has 1 amide bonds. The van der Waals surface area contributed by atoms with Crippen LogP contribution in [0.15, 0.2) is 48.7 Å². The van der Waals surface area contributed by atoms with Crippen LogP contribution in [0.5, 0.6) is 0 Å². The molecule has 2 rings (SSSR count). The summed E-state index contributed by atoms with van der Waals surface area (Å²) in [6.45, 7) is 0.0836. The van der Waals surface area contributed by atoms with Crippen LogP contribution in [0.3, 0.4) is 0 Å². The van der Waals surface area contributed by atoms with Crippen molar-refractivity contribution in [2.75, 3.05) is 6.54 Å². The molecule has 98 valence electrons. The van der Waals surface area contributed by atoms with Crippen LogP contribution in [0.4, 0.5) is 4.39 Å². The molecule has 0 spiro atoms. The largest absolute Gasteiger partial charge is 0.387 e. The van der Waals surface area contributed by atoms with Gasteiger partial charge in [0, 0.05) is 12.7 Å². The highest BCUT2D eigenvalue weighted by Gasteiger charge is 2.10. The van der Waals surface area contributed by atoms with E-state index in [0.29, 0.717) is 0 Å². The Kier molecular flexibility index (Phi) is 4.20. The summed E-state index contributed by atoms with van der Waals surface area (Å²) in [5.41, 5.74) is 0.974. The number of pyridine rings is 1. The molecule has 4 nitrogen and oxygen atoms in total. The normalized spacial score (nSPS) is 11.9. The molecule has 0 bridgehead atoms. The first-order valence-electron chi connectivity index (χ1n) is 5.79. The lowest BCUT2D eigenvalue weighted by molar-refractivity contribution is 0.0916. The number of carbonyl (C=O) groups is 1. The quantitative estimate of drug-likeness (QED) is 0.822. The molecule has 1 heterocycles. The highest BCUT2D eigenvalue weighted by molar-refractivity contribution is 5.93. The van der Waals surface area contributed by atoms with Gasteiger partial charge >= 0.3 is 0 Å². The number of amides is 1. The fourth-order valence-electron chi connectivity index (χ4n) is 1.59. The molecule has 0 radical (unpaired) electrons. The van der Waals surface area contributed by atoms with Crippen molar-refractivity contribution < 1.29 is 14.3 Å². The smallest absolute Gasteiger partial charge is 0.252 e. The first kappa shape index (κ1) is 13.2. The zero-order valence-electron chi connectivity index (χ0n) is 10.1. The second kappa shape index (κ2) is 6.06. The summed E-state index contributed by atoms with van der Waals surface area (Å²) in [4.78, 5) is 15.1. The van der Waals surface area contributed by atoms with Crippen LogP contribution < -0.4 is 5.32 Å².